The Morgan fingerprint density at radius 2 is 1.19 bits per heavy atom. The average Bonchev–Trinajstić information content (AvgIpc) is 2.61. The summed E-state index contributed by atoms with van der Waals surface area (Å²) in [6, 6.07) is 3.06. The maximum absolute atomic E-state index is 13.7. The summed E-state index contributed by atoms with van der Waals surface area (Å²) in [7, 11) is 0. The molecule has 0 fully saturated rings. The van der Waals surface area contributed by atoms with Gasteiger partial charge in [0.2, 0.25) is 0 Å². The minimum Gasteiger partial charge on any atom is -0.346 e. The van der Waals surface area contributed by atoms with E-state index in [1.165, 1.54) is 0 Å². The van der Waals surface area contributed by atoms with E-state index >= 15 is 0 Å². The Bertz CT molecular complexity index is 691. The van der Waals surface area contributed by atoms with Crippen LogP contribution >= 0.6 is 0 Å². The molecule has 0 N–H and O–H groups in total. The lowest BCUT2D eigenvalue weighted by molar-refractivity contribution is -0.419. The van der Waals surface area contributed by atoms with E-state index in [0.717, 1.165) is 12.1 Å². The average molecular weight is 476 g/mol. The van der Waals surface area contributed by atoms with Gasteiger partial charge in [0.05, 0.1) is 0 Å². The molecule has 0 aliphatic heterocycles. The SMILES string of the molecule is CCC(C)c1ccc(C(OC(C)OCC(F)(F)C(F)(F)F)(C(F)(F)F)C(F)(F)F)cc1. The van der Waals surface area contributed by atoms with Crippen molar-refractivity contribution in [2.24, 2.45) is 0 Å². The van der Waals surface area contributed by atoms with Crippen molar-refractivity contribution in [3.05, 3.63) is 35.4 Å². The third-order valence-electron chi connectivity index (χ3n) is 4.55. The number of hydrogen-bond donors (Lipinski definition) is 0. The Morgan fingerprint density at radius 1 is 0.742 bits per heavy atom. The number of ether oxygens (including phenoxy) is 2. The van der Waals surface area contributed by atoms with Crippen molar-refractivity contribution < 1.29 is 57.8 Å². The smallest absolute Gasteiger partial charge is 0.346 e. The van der Waals surface area contributed by atoms with Crippen molar-refractivity contribution in [3.63, 3.8) is 0 Å². The van der Waals surface area contributed by atoms with Gasteiger partial charge in [0, 0.05) is 5.56 Å². The molecule has 0 aliphatic carbocycles. The van der Waals surface area contributed by atoms with Crippen molar-refractivity contribution in [2.45, 2.75) is 69.5 Å². The first-order valence-corrected chi connectivity index (χ1v) is 8.78. The Balaban J connectivity index is 3.36. The van der Waals surface area contributed by atoms with E-state index in [2.05, 4.69) is 9.47 Å². The van der Waals surface area contributed by atoms with Gasteiger partial charge in [-0.15, -0.1) is 0 Å². The molecular formula is C18H19F11O2. The number of rotatable bonds is 8. The molecule has 0 bridgehead atoms. The second-order valence-corrected chi connectivity index (χ2v) is 6.81. The number of hydrogen-bond acceptors (Lipinski definition) is 2. The van der Waals surface area contributed by atoms with Gasteiger partial charge in [0.25, 0.3) is 5.60 Å². The predicted molar refractivity (Wildman–Crippen MR) is 86.4 cm³/mol. The molecule has 1 rings (SSSR count). The fraction of sp³-hybridized carbons (Fsp3) is 0.667. The van der Waals surface area contributed by atoms with Crippen LogP contribution in [0.4, 0.5) is 48.3 Å². The van der Waals surface area contributed by atoms with Crippen LogP contribution in [0.2, 0.25) is 0 Å². The van der Waals surface area contributed by atoms with E-state index in [1.54, 1.807) is 13.8 Å². The topological polar surface area (TPSA) is 18.5 Å². The quantitative estimate of drug-likeness (QED) is 0.295. The lowest BCUT2D eigenvalue weighted by atomic mass is 9.89. The highest BCUT2D eigenvalue weighted by atomic mass is 19.4. The molecule has 0 radical (unpaired) electrons. The van der Waals surface area contributed by atoms with E-state index in [4.69, 9.17) is 0 Å². The molecule has 0 aromatic heterocycles. The van der Waals surface area contributed by atoms with E-state index in [1.807, 2.05) is 0 Å². The molecule has 0 saturated heterocycles. The van der Waals surface area contributed by atoms with Crippen molar-refractivity contribution in [1.82, 2.24) is 0 Å². The summed E-state index contributed by atoms with van der Waals surface area (Å²) in [6.45, 7) is 1.25. The molecule has 0 aliphatic rings. The van der Waals surface area contributed by atoms with Gasteiger partial charge < -0.3 is 9.47 Å². The van der Waals surface area contributed by atoms with Crippen LogP contribution in [0, 0.1) is 0 Å². The Kier molecular flexibility index (Phi) is 8.03. The fourth-order valence-electron chi connectivity index (χ4n) is 2.56. The van der Waals surface area contributed by atoms with Crippen LogP contribution in [-0.2, 0) is 15.1 Å². The van der Waals surface area contributed by atoms with Crippen LogP contribution in [0.3, 0.4) is 0 Å². The van der Waals surface area contributed by atoms with Crippen LogP contribution in [-0.4, -0.2) is 37.3 Å². The van der Waals surface area contributed by atoms with Crippen LogP contribution in [0.1, 0.15) is 44.2 Å². The molecule has 31 heavy (non-hydrogen) atoms. The van der Waals surface area contributed by atoms with Gasteiger partial charge in [0.1, 0.15) is 6.61 Å². The number of halogens is 11. The third kappa shape index (κ3) is 5.79. The lowest BCUT2D eigenvalue weighted by Crippen LogP contribution is -2.57. The zero-order valence-corrected chi connectivity index (χ0v) is 16.4. The standard InChI is InChI=1S/C18H19F11O2/c1-4-10(2)12-5-7-13(8-6-12)15(17(24,25)26,18(27,28)29)31-11(3)30-9-14(19,20)16(21,22)23/h5-8,10-11H,4,9H2,1-3H3. The molecule has 0 saturated carbocycles. The van der Waals surface area contributed by atoms with Gasteiger partial charge >= 0.3 is 24.5 Å². The predicted octanol–water partition coefficient (Wildman–Crippen LogP) is 7.10. The van der Waals surface area contributed by atoms with E-state index in [0.29, 0.717) is 31.0 Å². The highest BCUT2D eigenvalue weighted by Gasteiger charge is 2.74. The van der Waals surface area contributed by atoms with Crippen molar-refractivity contribution in [1.29, 1.82) is 0 Å². The van der Waals surface area contributed by atoms with E-state index < -0.39 is 48.5 Å². The molecule has 13 heteroatoms. The summed E-state index contributed by atoms with van der Waals surface area (Å²) in [4.78, 5) is 0. The third-order valence-corrected chi connectivity index (χ3v) is 4.55. The largest absolute Gasteiger partial charge is 0.455 e. The van der Waals surface area contributed by atoms with Crippen LogP contribution < -0.4 is 0 Å². The zero-order chi connectivity index (χ0) is 24.5. The molecule has 2 atom stereocenters. The molecule has 180 valence electrons. The molecule has 1 aromatic rings. The first-order chi connectivity index (χ1) is 13.8. The lowest BCUT2D eigenvalue weighted by Gasteiger charge is -2.39. The molecule has 0 spiro atoms. The second-order valence-electron chi connectivity index (χ2n) is 6.81. The number of benzene rings is 1. The van der Waals surface area contributed by atoms with Crippen molar-refractivity contribution >= 4 is 0 Å². The van der Waals surface area contributed by atoms with Crippen LogP contribution in [0.25, 0.3) is 0 Å². The molecule has 2 nitrogen and oxygen atoms in total. The monoisotopic (exact) mass is 476 g/mol. The fourth-order valence-corrected chi connectivity index (χ4v) is 2.56. The highest BCUT2D eigenvalue weighted by Crippen LogP contribution is 2.53. The summed E-state index contributed by atoms with van der Waals surface area (Å²) >= 11 is 0. The van der Waals surface area contributed by atoms with Gasteiger partial charge in [-0.3, -0.25) is 0 Å². The summed E-state index contributed by atoms with van der Waals surface area (Å²) < 4.78 is 152. The Morgan fingerprint density at radius 3 is 1.55 bits per heavy atom. The normalized spacial score (nSPS) is 16.3. The summed E-state index contributed by atoms with van der Waals surface area (Å²) in [5.41, 5.74) is -6.03. The van der Waals surface area contributed by atoms with Gasteiger partial charge in [-0.25, -0.2) is 0 Å². The summed E-state index contributed by atoms with van der Waals surface area (Å²) in [6.07, 6.45) is -20.6. The maximum Gasteiger partial charge on any atom is 0.455 e. The molecular weight excluding hydrogens is 457 g/mol. The minimum atomic E-state index is -6.16. The summed E-state index contributed by atoms with van der Waals surface area (Å²) in [5, 5.41) is 0. The minimum absolute atomic E-state index is 0.187. The van der Waals surface area contributed by atoms with Crippen molar-refractivity contribution in [2.75, 3.05) is 6.61 Å². The first kappa shape index (κ1) is 27.4. The van der Waals surface area contributed by atoms with Gasteiger partial charge in [0.15, 0.2) is 6.29 Å². The van der Waals surface area contributed by atoms with Crippen LogP contribution in [0.5, 0.6) is 0 Å². The summed E-state index contributed by atoms with van der Waals surface area (Å²) in [5.74, 6) is -5.70. The molecule has 0 amide bonds. The molecule has 1 aromatic carbocycles. The second kappa shape index (κ2) is 9.08. The Labute approximate surface area is 170 Å². The van der Waals surface area contributed by atoms with E-state index in [-0.39, 0.29) is 5.92 Å². The van der Waals surface area contributed by atoms with Crippen LogP contribution in [0.15, 0.2) is 24.3 Å². The van der Waals surface area contributed by atoms with Gasteiger partial charge in [-0.05, 0) is 24.8 Å². The molecule has 0 heterocycles. The maximum atomic E-state index is 13.7. The molecule has 2 unspecified atom stereocenters. The number of alkyl halides is 11. The Hall–Kier alpha value is -1.63. The highest BCUT2D eigenvalue weighted by molar-refractivity contribution is 5.32. The first-order valence-electron chi connectivity index (χ1n) is 8.78. The van der Waals surface area contributed by atoms with Gasteiger partial charge in [-0.2, -0.15) is 48.3 Å². The van der Waals surface area contributed by atoms with Gasteiger partial charge in [-0.1, -0.05) is 38.1 Å². The van der Waals surface area contributed by atoms with E-state index in [9.17, 15) is 48.3 Å². The zero-order valence-electron chi connectivity index (χ0n) is 16.4. The van der Waals surface area contributed by atoms with Crippen molar-refractivity contribution in [3.8, 4) is 0 Å².